The summed E-state index contributed by atoms with van der Waals surface area (Å²) in [4.78, 5) is 12.9. The Morgan fingerprint density at radius 1 is 1.20 bits per heavy atom. The van der Waals surface area contributed by atoms with Crippen molar-refractivity contribution >= 4 is 17.4 Å². The van der Waals surface area contributed by atoms with Gasteiger partial charge in [-0.15, -0.1) is 0 Å². The predicted octanol–water partition coefficient (Wildman–Crippen LogP) is 6.11. The largest absolute Gasteiger partial charge is 0.389 e. The van der Waals surface area contributed by atoms with E-state index < -0.39 is 5.60 Å². The van der Waals surface area contributed by atoms with Crippen LogP contribution in [0.5, 0.6) is 0 Å². The molecule has 0 spiro atoms. The first-order chi connectivity index (χ1) is 11.6. The van der Waals surface area contributed by atoms with E-state index in [2.05, 4.69) is 40.7 Å². The maximum Gasteiger partial charge on any atom is 0.139 e. The van der Waals surface area contributed by atoms with Crippen LogP contribution in [-0.2, 0) is 4.79 Å². The molecule has 1 N–H and O–H groups in total. The minimum Gasteiger partial charge on any atom is -0.389 e. The molecule has 0 saturated heterocycles. The van der Waals surface area contributed by atoms with Gasteiger partial charge in [-0.3, -0.25) is 4.79 Å². The van der Waals surface area contributed by atoms with Crippen LogP contribution in [0, 0.1) is 29.1 Å². The van der Waals surface area contributed by atoms with Crippen LogP contribution in [0.15, 0.2) is 11.1 Å². The van der Waals surface area contributed by atoms with E-state index in [-0.39, 0.29) is 23.2 Å². The second kappa shape index (κ2) is 8.13. The number of aliphatic hydroxyl groups is 1. The van der Waals surface area contributed by atoms with Crippen LogP contribution in [-0.4, -0.2) is 16.5 Å². The zero-order valence-electron chi connectivity index (χ0n) is 16.8. The SMILES string of the molecule is CC(C)[C@@H](C)C(=O)C1CCCC(C)(C)[C@](O)(C2CC=C(Cl)CC2)CC1. The Morgan fingerprint density at radius 2 is 1.88 bits per heavy atom. The third kappa shape index (κ3) is 4.50. The molecule has 1 saturated carbocycles. The molecule has 3 heteroatoms. The van der Waals surface area contributed by atoms with Gasteiger partial charge in [-0.05, 0) is 62.2 Å². The van der Waals surface area contributed by atoms with Crippen molar-refractivity contribution in [3.05, 3.63) is 11.1 Å². The third-order valence-electron chi connectivity index (χ3n) is 7.28. The van der Waals surface area contributed by atoms with Crippen molar-refractivity contribution in [2.45, 2.75) is 91.6 Å². The van der Waals surface area contributed by atoms with Crippen LogP contribution in [0.25, 0.3) is 0 Å². The third-order valence-corrected chi connectivity index (χ3v) is 7.63. The lowest BCUT2D eigenvalue weighted by Gasteiger charge is -2.50. The summed E-state index contributed by atoms with van der Waals surface area (Å²) in [5, 5.41) is 12.7. The molecule has 1 fully saturated rings. The first-order valence-electron chi connectivity index (χ1n) is 10.2. The topological polar surface area (TPSA) is 37.3 Å². The molecule has 0 aliphatic heterocycles. The van der Waals surface area contributed by atoms with E-state index in [1.165, 1.54) is 0 Å². The lowest BCUT2D eigenvalue weighted by Crippen LogP contribution is -2.52. The highest BCUT2D eigenvalue weighted by atomic mass is 35.5. The molecule has 2 unspecified atom stereocenters. The summed E-state index contributed by atoms with van der Waals surface area (Å²) in [6.07, 6.45) is 9.32. The van der Waals surface area contributed by atoms with Gasteiger partial charge in [0.05, 0.1) is 5.60 Å². The van der Waals surface area contributed by atoms with Crippen LogP contribution >= 0.6 is 11.6 Å². The van der Waals surface area contributed by atoms with E-state index >= 15 is 0 Å². The van der Waals surface area contributed by atoms with E-state index in [4.69, 9.17) is 11.6 Å². The molecule has 25 heavy (non-hydrogen) atoms. The van der Waals surface area contributed by atoms with E-state index in [1.807, 2.05) is 0 Å². The van der Waals surface area contributed by atoms with Gasteiger partial charge in [0.2, 0.25) is 0 Å². The van der Waals surface area contributed by atoms with Crippen molar-refractivity contribution in [3.63, 3.8) is 0 Å². The second-order valence-electron chi connectivity index (χ2n) is 9.49. The first kappa shape index (κ1) is 21.0. The minimum absolute atomic E-state index is 0.113. The maximum atomic E-state index is 12.9. The average Bonchev–Trinajstić information content (AvgIpc) is 2.55. The fourth-order valence-electron chi connectivity index (χ4n) is 4.86. The monoisotopic (exact) mass is 368 g/mol. The van der Waals surface area contributed by atoms with Gasteiger partial charge in [0.15, 0.2) is 0 Å². The fourth-order valence-corrected chi connectivity index (χ4v) is 5.06. The van der Waals surface area contributed by atoms with E-state index in [0.29, 0.717) is 11.7 Å². The standard InChI is InChI=1S/C22H37ClO2/c1-15(2)16(3)20(24)17-7-6-13-21(4,5)22(25,14-12-17)18-8-10-19(23)11-9-18/h10,15-18,25H,6-9,11-14H2,1-5H3/t16-,17?,18?,22-/m1/s1. The number of allylic oxidation sites excluding steroid dienone is 2. The number of ketones is 1. The Morgan fingerprint density at radius 3 is 2.44 bits per heavy atom. The Hall–Kier alpha value is -0.340. The molecular formula is C22H37ClO2. The number of rotatable bonds is 4. The Labute approximate surface area is 159 Å². The summed E-state index contributed by atoms with van der Waals surface area (Å²) in [6.45, 7) is 10.7. The Bertz CT molecular complexity index is 508. The highest BCUT2D eigenvalue weighted by Crippen LogP contribution is 2.50. The average molecular weight is 369 g/mol. The van der Waals surface area contributed by atoms with Gasteiger partial charge in [0.25, 0.3) is 0 Å². The molecule has 2 aliphatic carbocycles. The molecule has 0 radical (unpaired) electrons. The number of hydrogen-bond donors (Lipinski definition) is 1. The fraction of sp³-hybridized carbons (Fsp3) is 0.864. The Kier molecular flexibility index (Phi) is 6.82. The summed E-state index contributed by atoms with van der Waals surface area (Å²) in [7, 11) is 0. The minimum atomic E-state index is -0.707. The zero-order chi connectivity index (χ0) is 18.8. The summed E-state index contributed by atoms with van der Waals surface area (Å²) in [6, 6.07) is 0. The van der Waals surface area contributed by atoms with Crippen molar-refractivity contribution < 1.29 is 9.90 Å². The molecule has 0 aromatic heterocycles. The van der Waals surface area contributed by atoms with Crippen molar-refractivity contribution in [1.82, 2.24) is 0 Å². The molecule has 144 valence electrons. The maximum absolute atomic E-state index is 12.9. The normalized spacial score (nSPS) is 34.8. The van der Waals surface area contributed by atoms with Crippen LogP contribution in [0.2, 0.25) is 0 Å². The van der Waals surface area contributed by atoms with Gasteiger partial charge in [0.1, 0.15) is 5.78 Å². The molecule has 0 bridgehead atoms. The lowest BCUT2D eigenvalue weighted by atomic mass is 9.59. The Balaban J connectivity index is 2.17. The highest BCUT2D eigenvalue weighted by molar-refractivity contribution is 6.29. The van der Waals surface area contributed by atoms with Gasteiger partial charge in [-0.25, -0.2) is 0 Å². The molecule has 2 rings (SSSR count). The van der Waals surface area contributed by atoms with E-state index in [9.17, 15) is 9.90 Å². The number of hydrogen-bond acceptors (Lipinski definition) is 2. The summed E-state index contributed by atoms with van der Waals surface area (Å²) < 4.78 is 0. The van der Waals surface area contributed by atoms with Crippen LogP contribution < -0.4 is 0 Å². The van der Waals surface area contributed by atoms with Crippen LogP contribution in [0.3, 0.4) is 0 Å². The molecule has 0 aromatic rings. The van der Waals surface area contributed by atoms with Crippen LogP contribution in [0.1, 0.15) is 86.0 Å². The quantitative estimate of drug-likeness (QED) is 0.650. The predicted molar refractivity (Wildman–Crippen MR) is 106 cm³/mol. The van der Waals surface area contributed by atoms with E-state index in [1.54, 1.807) is 0 Å². The molecule has 0 amide bonds. The summed E-state index contributed by atoms with van der Waals surface area (Å²) >= 11 is 6.16. The molecular weight excluding hydrogens is 332 g/mol. The van der Waals surface area contributed by atoms with Gasteiger partial charge in [0, 0.05) is 16.9 Å². The van der Waals surface area contributed by atoms with Crippen molar-refractivity contribution in [2.24, 2.45) is 29.1 Å². The van der Waals surface area contributed by atoms with Gasteiger partial charge >= 0.3 is 0 Å². The lowest BCUT2D eigenvalue weighted by molar-refractivity contribution is -0.141. The van der Waals surface area contributed by atoms with Crippen molar-refractivity contribution in [3.8, 4) is 0 Å². The molecule has 0 heterocycles. The summed E-state index contributed by atoms with van der Waals surface area (Å²) in [5.41, 5.74) is -0.825. The van der Waals surface area contributed by atoms with Crippen molar-refractivity contribution in [2.75, 3.05) is 0 Å². The number of carbonyl (C=O) groups excluding carboxylic acids is 1. The van der Waals surface area contributed by atoms with Gasteiger partial charge in [-0.2, -0.15) is 0 Å². The van der Waals surface area contributed by atoms with Crippen LogP contribution in [0.4, 0.5) is 0 Å². The zero-order valence-corrected chi connectivity index (χ0v) is 17.5. The summed E-state index contributed by atoms with van der Waals surface area (Å²) in [5.74, 6) is 1.27. The van der Waals surface area contributed by atoms with Gasteiger partial charge in [-0.1, -0.05) is 58.7 Å². The van der Waals surface area contributed by atoms with Crippen molar-refractivity contribution in [1.29, 1.82) is 0 Å². The molecule has 0 aromatic carbocycles. The first-order valence-corrected chi connectivity index (χ1v) is 10.6. The second-order valence-corrected chi connectivity index (χ2v) is 9.98. The number of halogens is 1. The number of carbonyl (C=O) groups is 1. The number of Topliss-reactive ketones (excluding diaryl/α,β-unsaturated/α-hetero) is 1. The highest BCUT2D eigenvalue weighted by Gasteiger charge is 2.49. The molecule has 2 aliphatic rings. The smallest absolute Gasteiger partial charge is 0.139 e. The molecule has 2 nitrogen and oxygen atoms in total. The molecule has 4 atom stereocenters. The van der Waals surface area contributed by atoms with Gasteiger partial charge < -0.3 is 5.11 Å². The van der Waals surface area contributed by atoms with E-state index in [0.717, 1.165) is 56.4 Å².